The Morgan fingerprint density at radius 3 is 0.941 bits per heavy atom. The Hall–Kier alpha value is 0.668. The molecule has 0 bridgehead atoms. The van der Waals surface area contributed by atoms with Gasteiger partial charge >= 0.3 is 17.6 Å². The van der Waals surface area contributed by atoms with E-state index in [4.69, 9.17) is 12.3 Å². The van der Waals surface area contributed by atoms with Crippen molar-refractivity contribution in [2.24, 2.45) is 0 Å². The first kappa shape index (κ1) is 17.7. The number of hydrogen-bond acceptors (Lipinski definition) is 5. The molecule has 0 aromatic carbocycles. The molecular weight excluding hydrogens is 288 g/mol. The van der Waals surface area contributed by atoms with Crippen LogP contribution in [0, 0.1) is 0 Å². The minimum Gasteiger partial charge on any atom is -0.417 e. The van der Waals surface area contributed by atoms with Crippen LogP contribution in [0.5, 0.6) is 0 Å². The van der Waals surface area contributed by atoms with Crippen molar-refractivity contribution >= 4 is 34.2 Å². The van der Waals surface area contributed by atoms with Crippen LogP contribution < -0.4 is 0 Å². The van der Waals surface area contributed by atoms with E-state index in [1.807, 2.05) is 39.3 Å². The fraction of sp³-hybridized carbons (Fsp3) is 1.00. The van der Waals surface area contributed by atoms with Gasteiger partial charge < -0.3 is 21.9 Å². The highest BCUT2D eigenvalue weighted by Gasteiger charge is 2.47. The summed E-state index contributed by atoms with van der Waals surface area (Å²) in [5.41, 5.74) is 0. The first-order chi connectivity index (χ1) is 7.12. The van der Waals surface area contributed by atoms with E-state index in [9.17, 15) is 9.59 Å². The van der Waals surface area contributed by atoms with Crippen LogP contribution >= 0.6 is 0 Å². The summed E-state index contributed by atoms with van der Waals surface area (Å²) in [6.45, 7) is 14.9. The standard InChI is InChI=1S/C8H26O5Si4/c1-14(2,3)11-16(7,9)13-17(8,10)12-15(4,5)6/h9-10H,1-8H3. The molecule has 104 valence electrons. The van der Waals surface area contributed by atoms with E-state index in [1.165, 1.54) is 13.1 Å². The zero-order valence-electron chi connectivity index (χ0n) is 12.1. The summed E-state index contributed by atoms with van der Waals surface area (Å²) >= 11 is 0. The molecule has 5 nitrogen and oxygen atoms in total. The molecule has 0 aliphatic heterocycles. The van der Waals surface area contributed by atoms with E-state index in [0.29, 0.717) is 0 Å². The first-order valence-electron chi connectivity index (χ1n) is 5.67. The van der Waals surface area contributed by atoms with Gasteiger partial charge in [-0.1, -0.05) is 0 Å². The van der Waals surface area contributed by atoms with Gasteiger partial charge in [0.1, 0.15) is 0 Å². The number of hydrogen-bond donors (Lipinski definition) is 2. The van der Waals surface area contributed by atoms with Crippen LogP contribution in [0.1, 0.15) is 0 Å². The maximum absolute atomic E-state index is 10.1. The van der Waals surface area contributed by atoms with E-state index in [1.54, 1.807) is 0 Å². The summed E-state index contributed by atoms with van der Waals surface area (Å²) in [5, 5.41) is 0. The summed E-state index contributed by atoms with van der Waals surface area (Å²) in [4.78, 5) is 20.2. The van der Waals surface area contributed by atoms with E-state index < -0.39 is 34.2 Å². The summed E-state index contributed by atoms with van der Waals surface area (Å²) in [7, 11) is -10.4. The smallest absolute Gasteiger partial charge is 0.417 e. The lowest BCUT2D eigenvalue weighted by Crippen LogP contribution is -2.58. The summed E-state index contributed by atoms with van der Waals surface area (Å²) in [6.07, 6.45) is 0. The van der Waals surface area contributed by atoms with Crippen LogP contribution in [0.3, 0.4) is 0 Å². The highest BCUT2D eigenvalue weighted by Crippen LogP contribution is 2.20. The molecule has 0 amide bonds. The van der Waals surface area contributed by atoms with Crippen LogP contribution in [0.2, 0.25) is 52.4 Å². The molecule has 2 N–H and O–H groups in total. The molecule has 0 heterocycles. The van der Waals surface area contributed by atoms with Gasteiger partial charge in [-0.15, -0.1) is 0 Å². The second-order valence-corrected chi connectivity index (χ2v) is 20.8. The van der Waals surface area contributed by atoms with Crippen molar-refractivity contribution in [1.29, 1.82) is 0 Å². The van der Waals surface area contributed by atoms with Gasteiger partial charge in [0.05, 0.1) is 0 Å². The average molecular weight is 315 g/mol. The Morgan fingerprint density at radius 1 is 0.529 bits per heavy atom. The van der Waals surface area contributed by atoms with E-state index in [0.717, 1.165) is 0 Å². The second-order valence-electron chi connectivity index (χ2n) is 6.33. The van der Waals surface area contributed by atoms with Gasteiger partial charge in [0, 0.05) is 13.1 Å². The maximum Gasteiger partial charge on any atom is 0.477 e. The van der Waals surface area contributed by atoms with Crippen molar-refractivity contribution in [3.05, 3.63) is 0 Å². The van der Waals surface area contributed by atoms with Gasteiger partial charge in [0.25, 0.3) is 0 Å². The van der Waals surface area contributed by atoms with Crippen molar-refractivity contribution in [3.8, 4) is 0 Å². The summed E-state index contributed by atoms with van der Waals surface area (Å²) in [5.74, 6) is 0. The third-order valence-electron chi connectivity index (χ3n) is 1.37. The molecule has 2 atom stereocenters. The molecule has 0 aromatic rings. The van der Waals surface area contributed by atoms with E-state index in [-0.39, 0.29) is 0 Å². The molecule has 0 aliphatic rings. The molecular formula is C8H26O5Si4. The van der Waals surface area contributed by atoms with Crippen LogP contribution in [0.15, 0.2) is 0 Å². The molecule has 0 aromatic heterocycles. The normalized spacial score (nSPS) is 20.8. The zero-order chi connectivity index (χ0) is 14.1. The Labute approximate surface area is 109 Å². The van der Waals surface area contributed by atoms with Crippen LogP contribution in [0.4, 0.5) is 0 Å². The lowest BCUT2D eigenvalue weighted by Gasteiger charge is -2.35. The van der Waals surface area contributed by atoms with Crippen molar-refractivity contribution in [2.75, 3.05) is 0 Å². The van der Waals surface area contributed by atoms with Crippen LogP contribution in [-0.2, 0) is 12.3 Å². The van der Waals surface area contributed by atoms with Crippen LogP contribution in [0.25, 0.3) is 0 Å². The molecule has 0 saturated carbocycles. The highest BCUT2D eigenvalue weighted by atomic mass is 28.5. The lowest BCUT2D eigenvalue weighted by molar-refractivity contribution is 0.176. The van der Waals surface area contributed by atoms with E-state index in [2.05, 4.69) is 0 Å². The predicted octanol–water partition coefficient (Wildman–Crippen LogP) is 1.83. The molecule has 17 heavy (non-hydrogen) atoms. The fourth-order valence-corrected chi connectivity index (χ4v) is 14.5. The molecule has 9 heteroatoms. The molecule has 0 spiro atoms. The van der Waals surface area contributed by atoms with Gasteiger partial charge in [0.15, 0.2) is 16.6 Å². The van der Waals surface area contributed by atoms with Gasteiger partial charge in [0.2, 0.25) is 0 Å². The monoisotopic (exact) mass is 314 g/mol. The summed E-state index contributed by atoms with van der Waals surface area (Å²) < 4.78 is 16.6. The van der Waals surface area contributed by atoms with Gasteiger partial charge in [-0.25, -0.2) is 0 Å². The first-order valence-corrected chi connectivity index (χ1v) is 17.0. The Balaban J connectivity index is 4.59. The number of rotatable bonds is 6. The van der Waals surface area contributed by atoms with Crippen molar-refractivity contribution in [1.82, 2.24) is 0 Å². The topological polar surface area (TPSA) is 68.2 Å². The van der Waals surface area contributed by atoms with Gasteiger partial charge in [-0.2, -0.15) is 0 Å². The van der Waals surface area contributed by atoms with Crippen LogP contribution in [-0.4, -0.2) is 43.8 Å². The molecule has 0 fully saturated rings. The maximum atomic E-state index is 10.1. The minimum absolute atomic E-state index is 1.53. The van der Waals surface area contributed by atoms with Crippen molar-refractivity contribution in [2.45, 2.75) is 52.4 Å². The molecule has 2 unspecified atom stereocenters. The molecule has 0 aliphatic carbocycles. The van der Waals surface area contributed by atoms with E-state index >= 15 is 0 Å². The minimum atomic E-state index is -3.30. The third-order valence-corrected chi connectivity index (χ3v) is 12.3. The Morgan fingerprint density at radius 2 is 0.765 bits per heavy atom. The Kier molecular flexibility index (Phi) is 5.55. The van der Waals surface area contributed by atoms with Gasteiger partial charge in [-0.05, 0) is 39.3 Å². The second kappa shape index (κ2) is 5.34. The predicted molar refractivity (Wildman–Crippen MR) is 77.6 cm³/mol. The third kappa shape index (κ3) is 10.3. The lowest BCUT2D eigenvalue weighted by atomic mass is 11.8. The molecule has 0 radical (unpaired) electrons. The van der Waals surface area contributed by atoms with Gasteiger partial charge in [-0.3, -0.25) is 0 Å². The largest absolute Gasteiger partial charge is 0.477 e. The fourth-order valence-electron chi connectivity index (χ4n) is 1.53. The Bertz CT molecular complexity index is 230. The highest BCUT2D eigenvalue weighted by molar-refractivity contribution is 6.85. The SMILES string of the molecule is C[Si](C)(C)O[Si](C)(O)O[Si](C)(O)O[Si](C)(C)C. The van der Waals surface area contributed by atoms with Crippen molar-refractivity contribution in [3.63, 3.8) is 0 Å². The molecule has 0 rings (SSSR count). The zero-order valence-corrected chi connectivity index (χ0v) is 16.1. The molecule has 0 saturated heterocycles. The average Bonchev–Trinajstić information content (AvgIpc) is 1.65. The van der Waals surface area contributed by atoms with Crippen molar-refractivity contribution < 1.29 is 21.9 Å². The summed E-state index contributed by atoms with van der Waals surface area (Å²) in [6, 6.07) is 0. The quantitative estimate of drug-likeness (QED) is 0.732.